The second-order valence-electron chi connectivity index (χ2n) is 15.9. The molecule has 3 aromatic carbocycles. The van der Waals surface area contributed by atoms with E-state index in [1.807, 2.05) is 36.4 Å². The van der Waals surface area contributed by atoms with Gasteiger partial charge in [0.1, 0.15) is 31.6 Å². The van der Waals surface area contributed by atoms with Gasteiger partial charge in [-0.05, 0) is 76.0 Å². The lowest BCUT2D eigenvalue weighted by Gasteiger charge is -2.41. The van der Waals surface area contributed by atoms with Gasteiger partial charge in [0.05, 0.1) is 28.5 Å². The van der Waals surface area contributed by atoms with E-state index >= 15 is 0 Å². The van der Waals surface area contributed by atoms with E-state index in [0.29, 0.717) is 24.4 Å². The fourth-order valence-corrected chi connectivity index (χ4v) is 14.9. The maximum Gasteiger partial charge on any atom is 0.176 e. The molecule has 0 spiro atoms. The van der Waals surface area contributed by atoms with Crippen LogP contribution in [0.25, 0.3) is 50.1 Å². The van der Waals surface area contributed by atoms with Crippen molar-refractivity contribution in [3.05, 3.63) is 223 Å². The minimum absolute atomic E-state index is 0.185. The lowest BCUT2D eigenvalue weighted by atomic mass is 9.78. The van der Waals surface area contributed by atoms with Gasteiger partial charge < -0.3 is 5.73 Å². The summed E-state index contributed by atoms with van der Waals surface area (Å²) in [6.45, 7) is 2.80. The van der Waals surface area contributed by atoms with Crippen molar-refractivity contribution in [3.63, 3.8) is 0 Å². The van der Waals surface area contributed by atoms with E-state index in [1.165, 1.54) is 20.8 Å². The van der Waals surface area contributed by atoms with E-state index < -0.39 is 8.07 Å². The molecule has 2 N–H and O–H groups in total. The predicted octanol–water partition coefficient (Wildman–Crippen LogP) is 8.13. The molecule has 1 atom stereocenters. The summed E-state index contributed by atoms with van der Waals surface area (Å²) in [5.74, 6) is -0.185. The Hall–Kier alpha value is -8.55. The van der Waals surface area contributed by atoms with Gasteiger partial charge in [0.25, 0.3) is 0 Å². The van der Waals surface area contributed by atoms with Gasteiger partial charge in [0.2, 0.25) is 0 Å². The van der Waals surface area contributed by atoms with Gasteiger partial charge in [-0.1, -0.05) is 103 Å². The summed E-state index contributed by atoms with van der Waals surface area (Å²) in [6, 6.07) is 36.0. The topological polar surface area (TPSA) is 167 Å². The Morgan fingerprint density at radius 3 is 1.70 bits per heavy atom. The molecule has 5 aromatic heterocycles. The van der Waals surface area contributed by atoms with Crippen LogP contribution in [0.15, 0.2) is 200 Å². The molecule has 0 amide bonds. The van der Waals surface area contributed by atoms with Crippen LogP contribution >= 0.6 is 0 Å². The molecule has 1 aliphatic carbocycles. The summed E-state index contributed by atoms with van der Waals surface area (Å²) >= 11 is 0. The Morgan fingerprint density at radius 1 is 0.612 bits per heavy atom. The van der Waals surface area contributed by atoms with Crippen LogP contribution in [0.1, 0.15) is 48.0 Å². The number of nitrogens with zero attached hydrogens (tertiary/aromatic N) is 11. The zero-order chi connectivity index (χ0) is 45.4. The van der Waals surface area contributed by atoms with Crippen LogP contribution in [0.3, 0.4) is 0 Å². The summed E-state index contributed by atoms with van der Waals surface area (Å²) in [4.78, 5) is 50.7. The maximum atomic E-state index is 7.05. The fraction of sp³-hybridized carbons (Fsp3) is 0.0926. The van der Waals surface area contributed by atoms with Crippen molar-refractivity contribution in [2.24, 2.45) is 16.6 Å². The van der Waals surface area contributed by atoms with Crippen molar-refractivity contribution in [1.29, 1.82) is 0 Å². The van der Waals surface area contributed by atoms with Crippen molar-refractivity contribution in [2.75, 3.05) is 6.54 Å². The summed E-state index contributed by atoms with van der Waals surface area (Å²) < 4.78 is 0. The van der Waals surface area contributed by atoms with Crippen molar-refractivity contribution < 1.29 is 0 Å². The monoisotopic (exact) mass is 888 g/mol. The molecule has 2 aliphatic rings. The van der Waals surface area contributed by atoms with E-state index in [-0.39, 0.29) is 5.92 Å². The van der Waals surface area contributed by atoms with Crippen molar-refractivity contribution in [3.8, 4) is 22.5 Å². The Kier molecular flexibility index (Phi) is 12.2. The van der Waals surface area contributed by atoms with Crippen LogP contribution in [0, 0.1) is 5.92 Å². The predicted molar refractivity (Wildman–Crippen MR) is 267 cm³/mol. The second kappa shape index (κ2) is 19.3. The van der Waals surface area contributed by atoms with E-state index in [2.05, 4.69) is 128 Å². The third-order valence-corrected chi connectivity index (χ3v) is 17.3. The smallest absolute Gasteiger partial charge is 0.176 e. The fourth-order valence-electron chi connectivity index (χ4n) is 9.55. The maximum absolute atomic E-state index is 7.05. The molecule has 0 radical (unpaired) electrons. The average molecular weight is 889 g/mol. The number of benzene rings is 3. The quantitative estimate of drug-likeness (QED) is 0.0877. The lowest BCUT2D eigenvalue weighted by Crippen LogP contribution is -2.61. The zero-order valence-corrected chi connectivity index (χ0v) is 37.7. The zero-order valence-electron chi connectivity index (χ0n) is 36.7. The molecule has 12 nitrogen and oxygen atoms in total. The molecule has 1 aliphatic heterocycles. The molecule has 10 rings (SSSR count). The molecular weight excluding hydrogens is 845 g/mol. The number of hydrogen-bond acceptors (Lipinski definition) is 12. The van der Waals surface area contributed by atoms with Crippen LogP contribution in [0.4, 0.5) is 0 Å². The molecule has 0 fully saturated rings. The van der Waals surface area contributed by atoms with Crippen LogP contribution in [0.2, 0.25) is 0 Å². The first kappa shape index (κ1) is 42.4. The van der Waals surface area contributed by atoms with Crippen molar-refractivity contribution >= 4 is 52.3 Å². The molecule has 0 saturated heterocycles. The first-order valence-electron chi connectivity index (χ1n) is 22.1. The molecule has 0 saturated carbocycles. The summed E-state index contributed by atoms with van der Waals surface area (Å²) in [5.41, 5.74) is 17.8. The van der Waals surface area contributed by atoms with Gasteiger partial charge in [0.15, 0.2) is 8.07 Å². The van der Waals surface area contributed by atoms with E-state index in [4.69, 9.17) is 30.7 Å². The highest BCUT2D eigenvalue weighted by atomic mass is 28.3. The van der Waals surface area contributed by atoms with Gasteiger partial charge in [-0.2, -0.15) is 0 Å². The lowest BCUT2D eigenvalue weighted by molar-refractivity contribution is 0.820. The summed E-state index contributed by atoms with van der Waals surface area (Å²) in [7, 11) is -3.33. The second-order valence-corrected chi connectivity index (χ2v) is 19.7. The van der Waals surface area contributed by atoms with Crippen molar-refractivity contribution in [2.45, 2.75) is 19.8 Å². The summed E-state index contributed by atoms with van der Waals surface area (Å²) in [6.07, 6.45) is 29.1. The first-order chi connectivity index (χ1) is 33.2. The van der Waals surface area contributed by atoms with Crippen LogP contribution in [-0.4, -0.2) is 70.7 Å². The Bertz CT molecular complexity index is 3160. The van der Waals surface area contributed by atoms with E-state index in [0.717, 1.165) is 68.2 Å². The molecule has 8 aromatic rings. The number of allylic oxidation sites excluding steroid dienone is 8. The number of aromatic nitrogens is 10. The van der Waals surface area contributed by atoms with Gasteiger partial charge in [-0.25, -0.2) is 49.8 Å². The third kappa shape index (κ3) is 8.01. The normalized spacial score (nSPS) is 15.9. The minimum Gasteiger partial charge on any atom is -0.398 e. The van der Waals surface area contributed by atoms with Gasteiger partial charge in [-0.15, -0.1) is 0 Å². The number of rotatable bonds is 13. The number of nitrogens with two attached hydrogens (primary N) is 1. The molecular formula is C54H44N12Si. The minimum atomic E-state index is -3.33. The van der Waals surface area contributed by atoms with E-state index in [1.54, 1.807) is 68.8 Å². The number of hydrogen-bond donors (Lipinski definition) is 1. The molecule has 0 bridgehead atoms. The SMILES string of the molecule is CCCN=C/C=C(\N)c1ccc(C2=CC=C(C3CC=C(c4ccncn4)C(c4ccncn4)=C3c3ccncn3)[Si]2(c2ccccc2)c2ccccc2)c(-c2ccncn2)c1-c1ccncn1. The molecule has 324 valence electrons. The van der Waals surface area contributed by atoms with Crippen molar-refractivity contribution in [1.82, 2.24) is 49.8 Å². The molecule has 6 heterocycles. The first-order valence-corrected chi connectivity index (χ1v) is 24.1. The Labute approximate surface area is 389 Å². The molecule has 67 heavy (non-hydrogen) atoms. The van der Waals surface area contributed by atoms with Gasteiger partial charge in [0, 0.05) is 83.2 Å². The van der Waals surface area contributed by atoms with Crippen LogP contribution < -0.4 is 16.1 Å². The Morgan fingerprint density at radius 2 is 1.15 bits per heavy atom. The van der Waals surface area contributed by atoms with Crippen LogP contribution in [0.5, 0.6) is 0 Å². The molecule has 13 heteroatoms. The highest BCUT2D eigenvalue weighted by molar-refractivity contribution is 7.20. The van der Waals surface area contributed by atoms with Gasteiger partial charge >= 0.3 is 0 Å². The molecule has 1 unspecified atom stereocenters. The third-order valence-electron chi connectivity index (χ3n) is 12.2. The highest BCUT2D eigenvalue weighted by Crippen LogP contribution is 2.53. The largest absolute Gasteiger partial charge is 0.398 e. The average Bonchev–Trinajstić information content (AvgIpc) is 3.81. The summed E-state index contributed by atoms with van der Waals surface area (Å²) in [5, 5.41) is 4.91. The highest BCUT2D eigenvalue weighted by Gasteiger charge is 2.51. The Balaban J connectivity index is 1.29. The van der Waals surface area contributed by atoms with E-state index in [9.17, 15) is 0 Å². The van der Waals surface area contributed by atoms with Crippen LogP contribution in [-0.2, 0) is 0 Å². The standard InChI is InChI=1S/C54H44N12Si/c1-2-25-56-26-19-43(55)39-13-15-41(53(47-23-30-60-35-65-47)51(39)45-21-28-58-33-63-45)49-17-18-50(67(49,37-9-5-3-6-10-37)38-11-7-4-8-12-38)42-16-14-40(44-20-27-57-32-62-44)52(46-22-29-59-34-64-46)54(42)48-24-31-61-36-66-48/h3-15,17-24,26-36,42H,2,16,25,55H2,1H3/b43-19-,56-26?. The van der Waals surface area contributed by atoms with Gasteiger partial charge in [-0.3, -0.25) is 4.99 Å². The number of aliphatic imine (C=N–C) groups is 1.